The van der Waals surface area contributed by atoms with Gasteiger partial charge in [-0.05, 0) is 44.3 Å². The second-order valence-corrected chi connectivity index (χ2v) is 6.26. The summed E-state index contributed by atoms with van der Waals surface area (Å²) in [5.41, 5.74) is 0. The average Bonchev–Trinajstić information content (AvgIpc) is 2.55. The summed E-state index contributed by atoms with van der Waals surface area (Å²) in [6.45, 7) is 0. The molecule has 0 aliphatic rings. The molecule has 0 saturated carbocycles. The van der Waals surface area contributed by atoms with Crippen LogP contribution in [0.25, 0.3) is 0 Å². The Morgan fingerprint density at radius 3 is 1.92 bits per heavy atom. The largest absolute Gasteiger partial charge is 0.481 e. The van der Waals surface area contributed by atoms with Gasteiger partial charge in [0.1, 0.15) is 0 Å². The monoisotopic (exact) mass is 352 g/mol. The first-order valence-electron chi connectivity index (χ1n) is 9.29. The summed E-state index contributed by atoms with van der Waals surface area (Å²) in [4.78, 5) is 20.7. The maximum Gasteiger partial charge on any atom is 0.303 e. The topological polar surface area (TPSA) is 94.8 Å². The molecule has 0 aromatic heterocycles. The molecule has 1 atom stereocenters. The van der Waals surface area contributed by atoms with E-state index in [-0.39, 0.29) is 12.8 Å². The minimum atomic E-state index is -0.797. The van der Waals surface area contributed by atoms with Crippen LogP contribution in [0.1, 0.15) is 83.5 Å². The third-order valence-corrected chi connectivity index (χ3v) is 3.84. The Morgan fingerprint density at radius 1 is 0.800 bits per heavy atom. The number of carbonyl (C=O) groups is 2. The van der Waals surface area contributed by atoms with Crippen LogP contribution in [0.4, 0.5) is 0 Å². The van der Waals surface area contributed by atoms with E-state index in [4.69, 9.17) is 10.2 Å². The van der Waals surface area contributed by atoms with Crippen molar-refractivity contribution in [1.82, 2.24) is 0 Å². The number of carboxylic acids is 2. The van der Waals surface area contributed by atoms with Gasteiger partial charge in [0.25, 0.3) is 0 Å². The number of rotatable bonds is 15. The van der Waals surface area contributed by atoms with Crippen molar-refractivity contribution in [2.75, 3.05) is 0 Å². The second-order valence-electron chi connectivity index (χ2n) is 6.26. The highest BCUT2D eigenvalue weighted by molar-refractivity contribution is 5.66. The molecular weight excluding hydrogens is 320 g/mol. The maximum atomic E-state index is 10.3. The highest BCUT2D eigenvalue weighted by atomic mass is 16.4. The fourth-order valence-electron chi connectivity index (χ4n) is 2.39. The van der Waals surface area contributed by atoms with Gasteiger partial charge < -0.3 is 15.3 Å². The molecule has 0 rings (SSSR count). The number of allylic oxidation sites excluding steroid dienone is 1. The first-order chi connectivity index (χ1) is 12.0. The summed E-state index contributed by atoms with van der Waals surface area (Å²) in [6, 6.07) is 0. The van der Waals surface area contributed by atoms with Gasteiger partial charge in [-0.3, -0.25) is 9.59 Å². The van der Waals surface area contributed by atoms with E-state index >= 15 is 0 Å². The van der Waals surface area contributed by atoms with Gasteiger partial charge in [-0.25, -0.2) is 0 Å². The zero-order valence-corrected chi connectivity index (χ0v) is 15.1. The minimum absolute atomic E-state index is 0.151. The fraction of sp³-hybridized carbons (Fsp3) is 0.700. The molecule has 0 amide bonds. The number of aliphatic carboxylic acids is 2. The molecule has 0 aromatic carbocycles. The lowest BCUT2D eigenvalue weighted by molar-refractivity contribution is -0.138. The summed E-state index contributed by atoms with van der Waals surface area (Å²) >= 11 is 0. The van der Waals surface area contributed by atoms with Crippen LogP contribution in [-0.4, -0.2) is 33.4 Å². The summed E-state index contributed by atoms with van der Waals surface area (Å²) in [7, 11) is 0. The molecule has 0 heterocycles. The van der Waals surface area contributed by atoms with Crippen LogP contribution in [0.15, 0.2) is 12.2 Å². The van der Waals surface area contributed by atoms with Crippen LogP contribution >= 0.6 is 0 Å². The Hall–Kier alpha value is -1.80. The Morgan fingerprint density at radius 2 is 1.32 bits per heavy atom. The highest BCUT2D eigenvalue weighted by Crippen LogP contribution is 2.09. The van der Waals surface area contributed by atoms with Gasteiger partial charge in [0.2, 0.25) is 0 Å². The van der Waals surface area contributed by atoms with Gasteiger partial charge in [-0.15, -0.1) is 0 Å². The van der Waals surface area contributed by atoms with Gasteiger partial charge in [-0.1, -0.05) is 43.9 Å². The smallest absolute Gasteiger partial charge is 0.303 e. The van der Waals surface area contributed by atoms with Crippen LogP contribution in [0.2, 0.25) is 0 Å². The predicted octanol–water partition coefficient (Wildman–Crippen LogP) is 4.15. The zero-order valence-electron chi connectivity index (χ0n) is 15.1. The molecule has 3 N–H and O–H groups in total. The summed E-state index contributed by atoms with van der Waals surface area (Å²) < 4.78 is 0. The molecule has 0 aliphatic heterocycles. The van der Waals surface area contributed by atoms with Crippen LogP contribution in [0, 0.1) is 11.8 Å². The minimum Gasteiger partial charge on any atom is -0.481 e. The van der Waals surface area contributed by atoms with E-state index < -0.39 is 18.0 Å². The molecule has 142 valence electrons. The first-order valence-corrected chi connectivity index (χ1v) is 9.29. The van der Waals surface area contributed by atoms with Crippen molar-refractivity contribution >= 4 is 11.9 Å². The number of aliphatic hydroxyl groups excluding tert-OH is 1. The van der Waals surface area contributed by atoms with E-state index in [9.17, 15) is 14.7 Å². The SMILES string of the molecule is O=C(O)CCCCCCCCCC#C/C=C/C(O)CCCCC(=O)O. The molecule has 0 saturated heterocycles. The van der Waals surface area contributed by atoms with E-state index in [2.05, 4.69) is 11.8 Å². The lowest BCUT2D eigenvalue weighted by Gasteiger charge is -2.02. The van der Waals surface area contributed by atoms with Gasteiger partial charge in [0.05, 0.1) is 6.10 Å². The van der Waals surface area contributed by atoms with E-state index in [0.29, 0.717) is 19.3 Å². The summed E-state index contributed by atoms with van der Waals surface area (Å²) in [5, 5.41) is 26.7. The molecule has 0 aliphatic carbocycles. The second kappa shape index (κ2) is 17.0. The van der Waals surface area contributed by atoms with Crippen molar-refractivity contribution in [2.24, 2.45) is 0 Å². The van der Waals surface area contributed by atoms with E-state index in [1.807, 2.05) is 0 Å². The van der Waals surface area contributed by atoms with E-state index in [1.54, 1.807) is 12.2 Å². The molecule has 0 radical (unpaired) electrons. The summed E-state index contributed by atoms with van der Waals surface area (Å²) in [6.07, 6.45) is 13.3. The van der Waals surface area contributed by atoms with Crippen molar-refractivity contribution in [1.29, 1.82) is 0 Å². The van der Waals surface area contributed by atoms with Crippen molar-refractivity contribution in [3.63, 3.8) is 0 Å². The predicted molar refractivity (Wildman–Crippen MR) is 98.2 cm³/mol. The third kappa shape index (κ3) is 20.2. The van der Waals surface area contributed by atoms with E-state index in [0.717, 1.165) is 44.9 Å². The molecule has 5 heteroatoms. The molecule has 25 heavy (non-hydrogen) atoms. The van der Waals surface area contributed by atoms with Crippen molar-refractivity contribution < 1.29 is 24.9 Å². The maximum absolute atomic E-state index is 10.3. The lowest BCUT2D eigenvalue weighted by atomic mass is 10.1. The summed E-state index contributed by atoms with van der Waals surface area (Å²) in [5.74, 6) is 4.46. The number of hydrogen-bond acceptors (Lipinski definition) is 3. The first kappa shape index (κ1) is 23.2. The standard InChI is InChI=1S/C20H32O5/c21-18(15-12-13-17-20(24)25)14-10-8-6-4-2-1-3-5-7-9-11-16-19(22)23/h10,14,18,21H,1-5,7,9,11-13,15-17H2,(H,22,23)(H,24,25)/b14-10+. The van der Waals surface area contributed by atoms with Crippen molar-refractivity contribution in [3.8, 4) is 11.8 Å². The van der Waals surface area contributed by atoms with Gasteiger partial charge in [-0.2, -0.15) is 0 Å². The highest BCUT2D eigenvalue weighted by Gasteiger charge is 2.00. The molecule has 0 fully saturated rings. The number of unbranched alkanes of at least 4 members (excludes halogenated alkanes) is 8. The van der Waals surface area contributed by atoms with E-state index in [1.165, 1.54) is 6.42 Å². The zero-order chi connectivity index (χ0) is 18.8. The number of aliphatic hydroxyl groups is 1. The molecule has 0 aromatic rings. The Labute approximate surface area is 151 Å². The molecule has 1 unspecified atom stereocenters. The normalized spacial score (nSPS) is 11.9. The van der Waals surface area contributed by atoms with Crippen LogP contribution in [0.5, 0.6) is 0 Å². The molecule has 5 nitrogen and oxygen atoms in total. The van der Waals surface area contributed by atoms with Crippen LogP contribution in [0.3, 0.4) is 0 Å². The van der Waals surface area contributed by atoms with Crippen LogP contribution in [-0.2, 0) is 9.59 Å². The molecule has 0 bridgehead atoms. The Kier molecular flexibility index (Phi) is 15.8. The van der Waals surface area contributed by atoms with Gasteiger partial charge >= 0.3 is 11.9 Å². The Balaban J connectivity index is 3.43. The molecular formula is C20H32O5. The Bertz CT molecular complexity index is 445. The number of hydrogen-bond donors (Lipinski definition) is 3. The lowest BCUT2D eigenvalue weighted by Crippen LogP contribution is -2.02. The average molecular weight is 352 g/mol. The van der Waals surface area contributed by atoms with Gasteiger partial charge in [0, 0.05) is 19.3 Å². The van der Waals surface area contributed by atoms with Crippen molar-refractivity contribution in [3.05, 3.63) is 12.2 Å². The molecule has 0 spiro atoms. The fourth-order valence-corrected chi connectivity index (χ4v) is 2.39. The van der Waals surface area contributed by atoms with Crippen LogP contribution < -0.4 is 0 Å². The van der Waals surface area contributed by atoms with Gasteiger partial charge in [0.15, 0.2) is 0 Å². The quantitative estimate of drug-likeness (QED) is 0.304. The number of carboxylic acid groups (broad SMARTS) is 2. The van der Waals surface area contributed by atoms with Crippen molar-refractivity contribution in [2.45, 2.75) is 89.6 Å². The third-order valence-electron chi connectivity index (χ3n) is 3.84.